The van der Waals surface area contributed by atoms with Crippen LogP contribution in [0.3, 0.4) is 0 Å². The number of anilines is 2. The lowest BCUT2D eigenvalue weighted by atomic mass is 9.98. The summed E-state index contributed by atoms with van der Waals surface area (Å²) >= 11 is 6.16. The van der Waals surface area contributed by atoms with Crippen LogP contribution in [0.15, 0.2) is 66.7 Å². The lowest BCUT2D eigenvalue weighted by Gasteiger charge is -2.16. The van der Waals surface area contributed by atoms with Gasteiger partial charge in [-0.2, -0.15) is 0 Å². The molecule has 6 nitrogen and oxygen atoms in total. The van der Waals surface area contributed by atoms with Gasteiger partial charge in [-0.1, -0.05) is 54.1 Å². The van der Waals surface area contributed by atoms with Gasteiger partial charge in [0.05, 0.1) is 17.0 Å². The fourth-order valence-electron chi connectivity index (χ4n) is 4.06. The van der Waals surface area contributed by atoms with Gasteiger partial charge in [-0.25, -0.2) is 0 Å². The predicted octanol–water partition coefficient (Wildman–Crippen LogP) is 5.39. The zero-order valence-corrected chi connectivity index (χ0v) is 20.5. The number of amides is 1. The Hall–Kier alpha value is -3.61. The van der Waals surface area contributed by atoms with E-state index in [1.54, 1.807) is 12.1 Å². The number of nitrogens with zero attached hydrogens (tertiary/aromatic N) is 1. The average molecular weight is 490 g/mol. The molecule has 0 atom stereocenters. The van der Waals surface area contributed by atoms with E-state index in [-0.39, 0.29) is 12.3 Å². The fourth-order valence-corrected chi connectivity index (χ4v) is 4.24. The summed E-state index contributed by atoms with van der Waals surface area (Å²) in [5, 5.41) is 16.0. The number of fused-ring (bicyclic) bond motifs is 1. The van der Waals surface area contributed by atoms with Crippen molar-refractivity contribution in [3.63, 3.8) is 0 Å². The number of nitrogens with one attached hydrogen (secondary N) is 2. The standard InChI is InChI=1S/C28H28ClN3O3/c1-32(2)15-14-19-4-3-5-22(16-19)30-27(20-9-6-18(7-10-20)8-13-25(33)34)26-23-12-11-21(29)17-24(23)31-28(26)35/h3-7,9-12,16-17,30H,8,13-15H2,1-2H3,(H,31,35)(H,33,34)/b27-26-. The number of aliphatic carboxylic acids is 1. The van der Waals surface area contributed by atoms with Crippen molar-refractivity contribution in [3.05, 3.63) is 94.0 Å². The zero-order chi connectivity index (χ0) is 24.9. The van der Waals surface area contributed by atoms with Gasteiger partial charge in [0, 0.05) is 29.2 Å². The zero-order valence-electron chi connectivity index (χ0n) is 19.8. The van der Waals surface area contributed by atoms with Crippen molar-refractivity contribution in [2.75, 3.05) is 31.3 Å². The second-order valence-electron chi connectivity index (χ2n) is 8.86. The maximum absolute atomic E-state index is 13.1. The normalized spacial score (nSPS) is 14.0. The molecule has 1 aliphatic heterocycles. The van der Waals surface area contributed by atoms with Crippen LogP contribution >= 0.6 is 11.6 Å². The number of benzene rings is 3. The van der Waals surface area contributed by atoms with Crippen molar-refractivity contribution < 1.29 is 14.7 Å². The highest BCUT2D eigenvalue weighted by Gasteiger charge is 2.28. The largest absolute Gasteiger partial charge is 0.481 e. The Morgan fingerprint density at radius 1 is 1.00 bits per heavy atom. The molecule has 4 rings (SSSR count). The second kappa shape index (κ2) is 10.8. The Morgan fingerprint density at radius 2 is 1.77 bits per heavy atom. The minimum atomic E-state index is -0.828. The molecule has 0 aliphatic carbocycles. The van der Waals surface area contributed by atoms with Crippen LogP contribution in [0.2, 0.25) is 5.02 Å². The van der Waals surface area contributed by atoms with Gasteiger partial charge in [0.2, 0.25) is 0 Å². The Labute approximate surface area is 210 Å². The van der Waals surface area contributed by atoms with E-state index in [2.05, 4.69) is 27.7 Å². The van der Waals surface area contributed by atoms with Gasteiger partial charge >= 0.3 is 5.97 Å². The third kappa shape index (κ3) is 6.10. The summed E-state index contributed by atoms with van der Waals surface area (Å²) in [4.78, 5) is 26.2. The molecule has 3 aromatic rings. The third-order valence-electron chi connectivity index (χ3n) is 5.89. The highest BCUT2D eigenvalue weighted by atomic mass is 35.5. The van der Waals surface area contributed by atoms with Gasteiger partial charge in [0.1, 0.15) is 0 Å². The number of hydrogen-bond acceptors (Lipinski definition) is 4. The minimum Gasteiger partial charge on any atom is -0.481 e. The van der Waals surface area contributed by atoms with Crippen LogP contribution in [0.4, 0.5) is 11.4 Å². The Kier molecular flexibility index (Phi) is 7.54. The first kappa shape index (κ1) is 24.5. The van der Waals surface area contributed by atoms with E-state index in [0.717, 1.165) is 35.3 Å². The van der Waals surface area contributed by atoms with Crippen molar-refractivity contribution in [1.29, 1.82) is 0 Å². The molecular weight excluding hydrogens is 462 g/mol. The van der Waals surface area contributed by atoms with Crippen molar-refractivity contribution in [2.45, 2.75) is 19.3 Å². The Morgan fingerprint density at radius 3 is 2.49 bits per heavy atom. The molecule has 0 spiro atoms. The summed E-state index contributed by atoms with van der Waals surface area (Å²) in [5.74, 6) is -1.03. The van der Waals surface area contributed by atoms with Crippen molar-refractivity contribution in [2.24, 2.45) is 0 Å². The average Bonchev–Trinajstić information content (AvgIpc) is 3.15. The molecule has 0 aromatic heterocycles. The minimum absolute atomic E-state index is 0.0713. The molecule has 1 amide bonds. The molecule has 0 saturated carbocycles. The molecule has 7 heteroatoms. The molecule has 0 saturated heterocycles. The molecule has 0 unspecified atom stereocenters. The summed E-state index contributed by atoms with van der Waals surface area (Å²) < 4.78 is 0. The molecule has 1 heterocycles. The molecule has 0 radical (unpaired) electrons. The molecule has 180 valence electrons. The Balaban J connectivity index is 1.74. The number of carboxylic acid groups (broad SMARTS) is 1. The molecule has 0 bridgehead atoms. The van der Waals surface area contributed by atoms with Gasteiger partial charge in [-0.3, -0.25) is 9.59 Å². The number of halogens is 1. The molecule has 3 N–H and O–H groups in total. The van der Waals surface area contributed by atoms with Crippen LogP contribution in [-0.4, -0.2) is 42.5 Å². The van der Waals surface area contributed by atoms with Crippen LogP contribution in [0.25, 0.3) is 11.3 Å². The highest BCUT2D eigenvalue weighted by molar-refractivity contribution is 6.38. The topological polar surface area (TPSA) is 81.7 Å². The van der Waals surface area contributed by atoms with Gasteiger partial charge in [-0.05, 0) is 67.9 Å². The van der Waals surface area contributed by atoms with E-state index in [9.17, 15) is 9.59 Å². The van der Waals surface area contributed by atoms with E-state index < -0.39 is 5.97 Å². The SMILES string of the molecule is CN(C)CCc1cccc(N/C(=C2\C(=O)Nc3cc(Cl)ccc32)c2ccc(CCC(=O)O)cc2)c1. The fraction of sp³-hybridized carbons (Fsp3) is 0.214. The van der Waals surface area contributed by atoms with Gasteiger partial charge < -0.3 is 20.6 Å². The first-order chi connectivity index (χ1) is 16.8. The number of carboxylic acids is 1. The lowest BCUT2D eigenvalue weighted by molar-refractivity contribution is -0.137. The van der Waals surface area contributed by atoms with Crippen molar-refractivity contribution in [3.8, 4) is 0 Å². The van der Waals surface area contributed by atoms with Crippen LogP contribution in [0, 0.1) is 0 Å². The first-order valence-corrected chi connectivity index (χ1v) is 11.9. The van der Waals surface area contributed by atoms with Crippen LogP contribution in [0.5, 0.6) is 0 Å². The maximum atomic E-state index is 13.1. The van der Waals surface area contributed by atoms with Crippen LogP contribution in [0.1, 0.15) is 28.7 Å². The van der Waals surface area contributed by atoms with E-state index >= 15 is 0 Å². The first-order valence-electron chi connectivity index (χ1n) is 11.5. The van der Waals surface area contributed by atoms with E-state index in [0.29, 0.717) is 28.4 Å². The Bertz CT molecular complexity index is 1280. The number of likely N-dealkylation sites (N-methyl/N-ethyl adjacent to an activating group) is 1. The predicted molar refractivity (Wildman–Crippen MR) is 142 cm³/mol. The van der Waals surface area contributed by atoms with Crippen LogP contribution < -0.4 is 10.6 Å². The van der Waals surface area contributed by atoms with Gasteiger partial charge in [-0.15, -0.1) is 0 Å². The molecule has 3 aromatic carbocycles. The smallest absolute Gasteiger partial charge is 0.303 e. The summed E-state index contributed by atoms with van der Waals surface area (Å²) in [7, 11) is 4.10. The monoisotopic (exact) mass is 489 g/mol. The quantitative estimate of drug-likeness (QED) is 0.351. The van der Waals surface area contributed by atoms with Crippen molar-refractivity contribution >= 4 is 46.1 Å². The van der Waals surface area contributed by atoms with E-state index in [1.807, 2.05) is 56.6 Å². The molecule has 1 aliphatic rings. The van der Waals surface area contributed by atoms with E-state index in [4.69, 9.17) is 16.7 Å². The number of rotatable bonds is 9. The summed E-state index contributed by atoms with van der Waals surface area (Å²) in [6, 6.07) is 21.2. The summed E-state index contributed by atoms with van der Waals surface area (Å²) in [6.45, 7) is 0.936. The molecule has 35 heavy (non-hydrogen) atoms. The summed E-state index contributed by atoms with van der Waals surface area (Å²) in [5.41, 5.74) is 6.50. The van der Waals surface area contributed by atoms with Gasteiger partial charge in [0.25, 0.3) is 5.91 Å². The number of carbonyl (C=O) groups is 2. The van der Waals surface area contributed by atoms with Crippen molar-refractivity contribution in [1.82, 2.24) is 4.90 Å². The lowest BCUT2D eigenvalue weighted by Crippen LogP contribution is -2.15. The van der Waals surface area contributed by atoms with E-state index in [1.165, 1.54) is 5.56 Å². The second-order valence-corrected chi connectivity index (χ2v) is 9.30. The van der Waals surface area contributed by atoms with Crippen LogP contribution in [-0.2, 0) is 22.4 Å². The third-order valence-corrected chi connectivity index (χ3v) is 6.13. The molecular formula is C28H28ClN3O3. The number of aryl methyl sites for hydroxylation is 1. The summed E-state index contributed by atoms with van der Waals surface area (Å²) in [6.07, 6.45) is 1.43. The van der Waals surface area contributed by atoms with Gasteiger partial charge in [0.15, 0.2) is 0 Å². The maximum Gasteiger partial charge on any atom is 0.303 e. The number of hydrogen-bond donors (Lipinski definition) is 3. The highest BCUT2D eigenvalue weighted by Crippen LogP contribution is 2.39. The molecule has 0 fully saturated rings. The number of carbonyl (C=O) groups excluding carboxylic acids is 1.